The molecule has 1 amide bonds. The van der Waals surface area contributed by atoms with Gasteiger partial charge in [0.25, 0.3) is 0 Å². The van der Waals surface area contributed by atoms with Gasteiger partial charge in [-0.1, -0.05) is 40.2 Å². The van der Waals surface area contributed by atoms with Crippen molar-refractivity contribution in [2.75, 3.05) is 25.1 Å². The molecule has 19 heavy (non-hydrogen) atoms. The number of hydrogen-bond acceptors (Lipinski definition) is 2. The molecule has 1 unspecified atom stereocenters. The standard InChI is InChI=1S/C15H20BrNO2/c1-12-4-2-3-5-13(12)6-7-15(18)17-8-9-19-11-14(17)10-16/h2-5,14H,6-11H2,1H3. The van der Waals surface area contributed by atoms with Crippen LogP contribution in [0.5, 0.6) is 0 Å². The molecular formula is C15H20BrNO2. The molecule has 0 spiro atoms. The molecule has 1 atom stereocenters. The number of ether oxygens (including phenoxy) is 1. The first kappa shape index (κ1) is 14.5. The maximum atomic E-state index is 12.3. The Morgan fingerprint density at radius 3 is 3.00 bits per heavy atom. The zero-order chi connectivity index (χ0) is 13.7. The van der Waals surface area contributed by atoms with E-state index >= 15 is 0 Å². The van der Waals surface area contributed by atoms with Crippen LogP contribution < -0.4 is 0 Å². The van der Waals surface area contributed by atoms with Gasteiger partial charge in [-0.25, -0.2) is 0 Å². The third-order valence-corrected chi connectivity index (χ3v) is 4.34. The average Bonchev–Trinajstić information content (AvgIpc) is 2.46. The van der Waals surface area contributed by atoms with Crippen molar-refractivity contribution in [2.45, 2.75) is 25.8 Å². The summed E-state index contributed by atoms with van der Waals surface area (Å²) in [6, 6.07) is 8.43. The number of nitrogens with zero attached hydrogens (tertiary/aromatic N) is 1. The van der Waals surface area contributed by atoms with Crippen LogP contribution in [0.1, 0.15) is 17.5 Å². The first-order valence-electron chi connectivity index (χ1n) is 6.70. The molecule has 1 aliphatic heterocycles. The molecule has 104 valence electrons. The summed E-state index contributed by atoms with van der Waals surface area (Å²) in [4.78, 5) is 14.3. The van der Waals surface area contributed by atoms with Crippen LogP contribution in [0, 0.1) is 6.92 Å². The Bertz CT molecular complexity index is 436. The number of morpholine rings is 1. The summed E-state index contributed by atoms with van der Waals surface area (Å²) >= 11 is 3.45. The summed E-state index contributed by atoms with van der Waals surface area (Å²) in [5.41, 5.74) is 2.52. The lowest BCUT2D eigenvalue weighted by Crippen LogP contribution is -2.49. The fourth-order valence-corrected chi connectivity index (χ4v) is 2.92. The smallest absolute Gasteiger partial charge is 0.223 e. The van der Waals surface area contributed by atoms with E-state index in [1.54, 1.807) is 0 Å². The predicted molar refractivity (Wildman–Crippen MR) is 79.6 cm³/mol. The van der Waals surface area contributed by atoms with Crippen molar-refractivity contribution in [3.63, 3.8) is 0 Å². The van der Waals surface area contributed by atoms with E-state index in [1.807, 2.05) is 17.0 Å². The molecule has 1 fully saturated rings. The topological polar surface area (TPSA) is 29.5 Å². The molecule has 0 saturated carbocycles. The molecule has 0 aromatic heterocycles. The maximum Gasteiger partial charge on any atom is 0.223 e. The van der Waals surface area contributed by atoms with Crippen LogP contribution in [0.25, 0.3) is 0 Å². The molecule has 2 rings (SSSR count). The zero-order valence-electron chi connectivity index (χ0n) is 11.3. The Kier molecular flexibility index (Phi) is 5.40. The number of carbonyl (C=O) groups excluding carboxylic acids is 1. The van der Waals surface area contributed by atoms with Crippen molar-refractivity contribution in [3.8, 4) is 0 Å². The second-order valence-corrected chi connectivity index (χ2v) is 5.54. The van der Waals surface area contributed by atoms with Crippen LogP contribution in [0.4, 0.5) is 0 Å². The van der Waals surface area contributed by atoms with Gasteiger partial charge in [0.05, 0.1) is 19.3 Å². The largest absolute Gasteiger partial charge is 0.377 e. The maximum absolute atomic E-state index is 12.3. The lowest BCUT2D eigenvalue weighted by atomic mass is 10.0. The number of alkyl halides is 1. The van der Waals surface area contributed by atoms with E-state index in [9.17, 15) is 4.79 Å². The van der Waals surface area contributed by atoms with Gasteiger partial charge in [-0.05, 0) is 24.5 Å². The summed E-state index contributed by atoms with van der Waals surface area (Å²) < 4.78 is 5.41. The monoisotopic (exact) mass is 325 g/mol. The highest BCUT2D eigenvalue weighted by Crippen LogP contribution is 2.14. The number of amides is 1. The molecule has 3 nitrogen and oxygen atoms in total. The van der Waals surface area contributed by atoms with Crippen molar-refractivity contribution < 1.29 is 9.53 Å². The average molecular weight is 326 g/mol. The number of benzene rings is 1. The van der Waals surface area contributed by atoms with E-state index in [0.29, 0.717) is 26.2 Å². The minimum atomic E-state index is 0.179. The van der Waals surface area contributed by atoms with Gasteiger partial charge in [0.15, 0.2) is 0 Å². The summed E-state index contributed by atoms with van der Waals surface area (Å²) in [6.07, 6.45) is 1.40. The lowest BCUT2D eigenvalue weighted by Gasteiger charge is -2.34. The Morgan fingerprint density at radius 2 is 2.26 bits per heavy atom. The van der Waals surface area contributed by atoms with Gasteiger partial charge in [0.1, 0.15) is 0 Å². The van der Waals surface area contributed by atoms with E-state index in [1.165, 1.54) is 11.1 Å². The summed E-state index contributed by atoms with van der Waals surface area (Å²) in [6.45, 7) is 4.10. The normalized spacial score (nSPS) is 19.5. The molecule has 0 N–H and O–H groups in total. The van der Waals surface area contributed by atoms with Crippen molar-refractivity contribution in [3.05, 3.63) is 35.4 Å². The SMILES string of the molecule is Cc1ccccc1CCC(=O)N1CCOCC1CBr. The van der Waals surface area contributed by atoms with Gasteiger partial charge in [-0.15, -0.1) is 0 Å². The second kappa shape index (κ2) is 7.06. The van der Waals surface area contributed by atoms with Gasteiger partial charge in [0.2, 0.25) is 5.91 Å². The van der Waals surface area contributed by atoms with E-state index in [-0.39, 0.29) is 11.9 Å². The van der Waals surface area contributed by atoms with Crippen LogP contribution in [-0.4, -0.2) is 41.9 Å². The van der Waals surface area contributed by atoms with Gasteiger partial charge < -0.3 is 9.64 Å². The Labute approximate surface area is 123 Å². The molecule has 1 heterocycles. The number of halogens is 1. The summed E-state index contributed by atoms with van der Waals surface area (Å²) in [7, 11) is 0. The number of carbonyl (C=O) groups is 1. The number of rotatable bonds is 4. The third-order valence-electron chi connectivity index (χ3n) is 3.60. The van der Waals surface area contributed by atoms with Crippen LogP contribution in [0.3, 0.4) is 0 Å². The summed E-state index contributed by atoms with van der Waals surface area (Å²) in [5.74, 6) is 0.232. The Balaban J connectivity index is 1.92. The lowest BCUT2D eigenvalue weighted by molar-refractivity contribution is -0.138. The first-order valence-corrected chi connectivity index (χ1v) is 7.82. The minimum Gasteiger partial charge on any atom is -0.377 e. The Hall–Kier alpha value is -0.870. The first-order chi connectivity index (χ1) is 9.22. The van der Waals surface area contributed by atoms with Crippen molar-refractivity contribution in [2.24, 2.45) is 0 Å². The number of aryl methyl sites for hydroxylation is 2. The molecule has 1 aromatic carbocycles. The highest BCUT2D eigenvalue weighted by Gasteiger charge is 2.25. The van der Waals surface area contributed by atoms with Gasteiger partial charge in [0, 0.05) is 18.3 Å². The van der Waals surface area contributed by atoms with Crippen LogP contribution in [-0.2, 0) is 16.0 Å². The third kappa shape index (κ3) is 3.80. The molecule has 1 aliphatic rings. The quantitative estimate of drug-likeness (QED) is 0.796. The summed E-state index contributed by atoms with van der Waals surface area (Å²) in [5, 5.41) is 0.781. The number of hydrogen-bond donors (Lipinski definition) is 0. The predicted octanol–water partition coefficient (Wildman–Crippen LogP) is 2.55. The van der Waals surface area contributed by atoms with E-state index in [0.717, 1.165) is 11.8 Å². The molecular weight excluding hydrogens is 306 g/mol. The zero-order valence-corrected chi connectivity index (χ0v) is 12.9. The van der Waals surface area contributed by atoms with E-state index in [4.69, 9.17) is 4.74 Å². The molecule has 0 radical (unpaired) electrons. The van der Waals surface area contributed by atoms with Crippen molar-refractivity contribution in [1.29, 1.82) is 0 Å². The van der Waals surface area contributed by atoms with E-state index in [2.05, 4.69) is 35.0 Å². The molecule has 1 aromatic rings. The molecule has 1 saturated heterocycles. The van der Waals surface area contributed by atoms with Gasteiger partial charge >= 0.3 is 0 Å². The fourth-order valence-electron chi connectivity index (χ4n) is 2.39. The molecule has 4 heteroatoms. The van der Waals surface area contributed by atoms with Gasteiger partial charge in [-0.3, -0.25) is 4.79 Å². The molecule has 0 bridgehead atoms. The fraction of sp³-hybridized carbons (Fsp3) is 0.533. The second-order valence-electron chi connectivity index (χ2n) is 4.90. The van der Waals surface area contributed by atoms with E-state index < -0.39 is 0 Å². The van der Waals surface area contributed by atoms with Crippen LogP contribution in [0.2, 0.25) is 0 Å². The highest BCUT2D eigenvalue weighted by molar-refractivity contribution is 9.09. The minimum absolute atomic E-state index is 0.179. The van der Waals surface area contributed by atoms with Crippen LogP contribution in [0.15, 0.2) is 24.3 Å². The van der Waals surface area contributed by atoms with Crippen molar-refractivity contribution >= 4 is 21.8 Å². The van der Waals surface area contributed by atoms with Gasteiger partial charge in [-0.2, -0.15) is 0 Å². The van der Waals surface area contributed by atoms with Crippen LogP contribution >= 0.6 is 15.9 Å². The molecule has 0 aliphatic carbocycles. The van der Waals surface area contributed by atoms with Crippen molar-refractivity contribution in [1.82, 2.24) is 4.90 Å². The highest BCUT2D eigenvalue weighted by atomic mass is 79.9. The Morgan fingerprint density at radius 1 is 1.47 bits per heavy atom.